The van der Waals surface area contributed by atoms with Gasteiger partial charge in [-0.1, -0.05) is 6.92 Å². The fraction of sp³-hybridized carbons (Fsp3) is 0.867. The molecule has 114 valence electrons. The van der Waals surface area contributed by atoms with Crippen molar-refractivity contribution in [3.63, 3.8) is 0 Å². The van der Waals surface area contributed by atoms with Gasteiger partial charge in [-0.25, -0.2) is 0 Å². The molecule has 2 rings (SSSR count). The first-order valence-electron chi connectivity index (χ1n) is 7.76. The maximum Gasteiger partial charge on any atom is 0.303 e. The van der Waals surface area contributed by atoms with E-state index in [1.165, 1.54) is 12.8 Å². The van der Waals surface area contributed by atoms with Crippen molar-refractivity contribution in [3.05, 3.63) is 0 Å². The Morgan fingerprint density at radius 2 is 2.20 bits per heavy atom. The third kappa shape index (κ3) is 4.20. The van der Waals surface area contributed by atoms with E-state index < -0.39 is 5.97 Å². The fourth-order valence-electron chi connectivity index (χ4n) is 3.41. The van der Waals surface area contributed by atoms with Crippen LogP contribution in [0.3, 0.4) is 0 Å². The second-order valence-corrected chi connectivity index (χ2v) is 6.38. The van der Waals surface area contributed by atoms with Gasteiger partial charge >= 0.3 is 5.97 Å². The van der Waals surface area contributed by atoms with Crippen LogP contribution in [0.4, 0.5) is 0 Å². The van der Waals surface area contributed by atoms with Gasteiger partial charge in [0.15, 0.2) is 0 Å². The standard InChI is InChI=1S/C15H26N2O3/c1-11(13-3-2-5-16-9-13)7-14(18)17-6-4-12(10-17)8-15(19)20/h11-13,16H,2-10H2,1H3,(H,19,20). The predicted molar refractivity (Wildman–Crippen MR) is 76.3 cm³/mol. The van der Waals surface area contributed by atoms with E-state index in [1.807, 2.05) is 4.90 Å². The Kier molecular flexibility index (Phi) is 5.40. The molecule has 0 radical (unpaired) electrons. The van der Waals surface area contributed by atoms with Gasteiger partial charge in [-0.15, -0.1) is 0 Å². The first-order valence-corrected chi connectivity index (χ1v) is 7.76. The van der Waals surface area contributed by atoms with Crippen LogP contribution in [-0.2, 0) is 9.59 Å². The van der Waals surface area contributed by atoms with Gasteiger partial charge in [-0.05, 0) is 50.1 Å². The number of carbonyl (C=O) groups is 2. The van der Waals surface area contributed by atoms with Crippen LogP contribution in [0.15, 0.2) is 0 Å². The topological polar surface area (TPSA) is 69.6 Å². The number of piperidine rings is 1. The molecule has 0 saturated carbocycles. The van der Waals surface area contributed by atoms with E-state index in [0.717, 1.165) is 26.1 Å². The van der Waals surface area contributed by atoms with E-state index in [1.54, 1.807) is 0 Å². The zero-order chi connectivity index (χ0) is 14.5. The van der Waals surface area contributed by atoms with Crippen LogP contribution >= 0.6 is 0 Å². The van der Waals surface area contributed by atoms with Crippen LogP contribution in [0.1, 0.15) is 39.0 Å². The van der Waals surface area contributed by atoms with Crippen LogP contribution in [0, 0.1) is 17.8 Å². The number of carbonyl (C=O) groups excluding carboxylic acids is 1. The third-order valence-corrected chi connectivity index (χ3v) is 4.74. The normalized spacial score (nSPS) is 28.4. The Morgan fingerprint density at radius 3 is 2.85 bits per heavy atom. The van der Waals surface area contributed by atoms with Crippen LogP contribution in [0.2, 0.25) is 0 Å². The molecule has 3 unspecified atom stereocenters. The molecule has 20 heavy (non-hydrogen) atoms. The lowest BCUT2D eigenvalue weighted by Crippen LogP contribution is -2.36. The first kappa shape index (κ1) is 15.3. The van der Waals surface area contributed by atoms with Crippen LogP contribution in [-0.4, -0.2) is 48.1 Å². The van der Waals surface area contributed by atoms with Crippen LogP contribution in [0.25, 0.3) is 0 Å². The Morgan fingerprint density at radius 1 is 1.40 bits per heavy atom. The fourth-order valence-corrected chi connectivity index (χ4v) is 3.41. The molecule has 2 fully saturated rings. The van der Waals surface area contributed by atoms with Crippen molar-refractivity contribution >= 4 is 11.9 Å². The number of nitrogens with one attached hydrogen (secondary N) is 1. The molecule has 2 saturated heterocycles. The van der Waals surface area contributed by atoms with Crippen molar-refractivity contribution in [1.29, 1.82) is 0 Å². The largest absolute Gasteiger partial charge is 0.481 e. The van der Waals surface area contributed by atoms with E-state index >= 15 is 0 Å². The minimum atomic E-state index is -0.758. The summed E-state index contributed by atoms with van der Waals surface area (Å²) in [5.41, 5.74) is 0. The summed E-state index contributed by atoms with van der Waals surface area (Å²) in [6, 6.07) is 0. The molecule has 2 aliphatic heterocycles. The Labute approximate surface area is 120 Å². The zero-order valence-electron chi connectivity index (χ0n) is 12.3. The average Bonchev–Trinajstić information content (AvgIpc) is 2.87. The van der Waals surface area contributed by atoms with Crippen molar-refractivity contribution in [2.45, 2.75) is 39.0 Å². The summed E-state index contributed by atoms with van der Waals surface area (Å²) in [5.74, 6) is 0.601. The number of carboxylic acids is 1. The molecule has 3 atom stereocenters. The number of nitrogens with zero attached hydrogens (tertiary/aromatic N) is 1. The number of carboxylic acid groups (broad SMARTS) is 1. The molecule has 0 aromatic heterocycles. The second-order valence-electron chi connectivity index (χ2n) is 6.38. The van der Waals surface area contributed by atoms with E-state index in [9.17, 15) is 9.59 Å². The van der Waals surface area contributed by atoms with Crippen molar-refractivity contribution in [1.82, 2.24) is 10.2 Å². The summed E-state index contributed by atoms with van der Waals surface area (Å²) in [4.78, 5) is 24.9. The van der Waals surface area contributed by atoms with Crippen LogP contribution < -0.4 is 5.32 Å². The lowest BCUT2D eigenvalue weighted by Gasteiger charge is -2.29. The lowest BCUT2D eigenvalue weighted by atomic mass is 9.85. The van der Waals surface area contributed by atoms with Gasteiger partial charge in [-0.2, -0.15) is 0 Å². The highest BCUT2D eigenvalue weighted by Crippen LogP contribution is 2.25. The summed E-state index contributed by atoms with van der Waals surface area (Å²) in [5, 5.41) is 12.2. The molecule has 0 spiro atoms. The SMILES string of the molecule is CC(CC(=O)N1CCC(CC(=O)O)C1)C1CCCNC1. The van der Waals surface area contributed by atoms with E-state index in [2.05, 4.69) is 12.2 Å². The Hall–Kier alpha value is -1.10. The molecule has 0 bridgehead atoms. The van der Waals surface area contributed by atoms with Gasteiger partial charge in [0.2, 0.25) is 5.91 Å². The average molecular weight is 282 g/mol. The number of hydrogen-bond donors (Lipinski definition) is 2. The molecule has 2 N–H and O–H groups in total. The summed E-state index contributed by atoms with van der Waals surface area (Å²) in [7, 11) is 0. The number of rotatable bonds is 5. The van der Waals surface area contributed by atoms with E-state index in [0.29, 0.717) is 24.8 Å². The van der Waals surface area contributed by atoms with Gasteiger partial charge in [0, 0.05) is 25.9 Å². The van der Waals surface area contributed by atoms with E-state index in [-0.39, 0.29) is 18.2 Å². The number of likely N-dealkylation sites (tertiary alicyclic amines) is 1. The monoisotopic (exact) mass is 282 g/mol. The smallest absolute Gasteiger partial charge is 0.303 e. The number of aliphatic carboxylic acids is 1. The van der Waals surface area contributed by atoms with Gasteiger partial charge in [0.1, 0.15) is 0 Å². The highest BCUT2D eigenvalue weighted by atomic mass is 16.4. The molecule has 2 heterocycles. The lowest BCUT2D eigenvalue weighted by molar-refractivity contribution is -0.138. The van der Waals surface area contributed by atoms with Gasteiger partial charge in [-0.3, -0.25) is 9.59 Å². The van der Waals surface area contributed by atoms with Crippen LogP contribution in [0.5, 0.6) is 0 Å². The predicted octanol–water partition coefficient (Wildman–Crippen LogP) is 1.34. The van der Waals surface area contributed by atoms with Crippen molar-refractivity contribution in [3.8, 4) is 0 Å². The number of hydrogen-bond acceptors (Lipinski definition) is 3. The Balaban J connectivity index is 1.75. The molecular formula is C15H26N2O3. The maximum atomic E-state index is 12.3. The van der Waals surface area contributed by atoms with Crippen molar-refractivity contribution in [2.75, 3.05) is 26.2 Å². The Bertz CT molecular complexity index is 353. The highest BCUT2D eigenvalue weighted by molar-refractivity contribution is 5.77. The minimum Gasteiger partial charge on any atom is -0.481 e. The summed E-state index contributed by atoms with van der Waals surface area (Å²) >= 11 is 0. The molecule has 0 aromatic carbocycles. The summed E-state index contributed by atoms with van der Waals surface area (Å²) in [6.07, 6.45) is 4.03. The quantitative estimate of drug-likeness (QED) is 0.798. The van der Waals surface area contributed by atoms with E-state index in [4.69, 9.17) is 5.11 Å². The molecular weight excluding hydrogens is 256 g/mol. The molecule has 5 heteroatoms. The molecule has 0 aliphatic carbocycles. The minimum absolute atomic E-state index is 0.142. The van der Waals surface area contributed by atoms with Gasteiger partial charge in [0.05, 0.1) is 0 Å². The van der Waals surface area contributed by atoms with Gasteiger partial charge < -0.3 is 15.3 Å². The number of amides is 1. The second kappa shape index (κ2) is 7.07. The summed E-state index contributed by atoms with van der Waals surface area (Å²) < 4.78 is 0. The van der Waals surface area contributed by atoms with Crippen molar-refractivity contribution < 1.29 is 14.7 Å². The van der Waals surface area contributed by atoms with Gasteiger partial charge in [0.25, 0.3) is 0 Å². The maximum absolute atomic E-state index is 12.3. The molecule has 2 aliphatic rings. The van der Waals surface area contributed by atoms with Crippen molar-refractivity contribution in [2.24, 2.45) is 17.8 Å². The molecule has 0 aromatic rings. The zero-order valence-corrected chi connectivity index (χ0v) is 12.3. The highest BCUT2D eigenvalue weighted by Gasteiger charge is 2.30. The molecule has 5 nitrogen and oxygen atoms in total. The summed E-state index contributed by atoms with van der Waals surface area (Å²) in [6.45, 7) is 5.64. The first-order chi connectivity index (χ1) is 9.56. The third-order valence-electron chi connectivity index (χ3n) is 4.74. The molecule has 1 amide bonds.